The maximum Gasteiger partial charge on any atom is 0.397 e. The lowest BCUT2D eigenvalue weighted by atomic mass is 10.2. The molecule has 27 heavy (non-hydrogen) atoms. The molecule has 0 aliphatic carbocycles. The number of aromatic nitrogens is 3. The van der Waals surface area contributed by atoms with Crippen molar-refractivity contribution in [2.75, 3.05) is 11.4 Å². The molecule has 12 heteroatoms. The van der Waals surface area contributed by atoms with Crippen molar-refractivity contribution in [2.24, 2.45) is 0 Å². The Morgan fingerprint density at radius 1 is 1.19 bits per heavy atom. The van der Waals surface area contributed by atoms with E-state index in [1.54, 1.807) is 12.1 Å². The van der Waals surface area contributed by atoms with E-state index in [0.717, 1.165) is 0 Å². The Balaban J connectivity index is 2.29. The van der Waals surface area contributed by atoms with Gasteiger partial charge in [0.15, 0.2) is 5.15 Å². The van der Waals surface area contributed by atoms with Gasteiger partial charge in [0, 0.05) is 19.2 Å². The number of rotatable bonds is 6. The molecule has 0 aliphatic rings. The number of carbonyl (C=O) groups excluding carboxylic acids is 1. The van der Waals surface area contributed by atoms with Gasteiger partial charge in [-0.3, -0.25) is 9.78 Å². The standard InChI is InChI=1S/C15H13ClF6N4O/c16-13-11(9-26(24-13)10-3-1-5-23-8-10)25(6-2-4-14(17,18)19)12(27)7-15(20,21)22/h1,3,5,8-9H,2,4,6-7H2. The highest BCUT2D eigenvalue weighted by atomic mass is 35.5. The second kappa shape index (κ2) is 8.15. The van der Waals surface area contributed by atoms with E-state index in [0.29, 0.717) is 10.6 Å². The van der Waals surface area contributed by atoms with Crippen LogP contribution in [-0.4, -0.2) is 39.6 Å². The van der Waals surface area contributed by atoms with E-state index in [4.69, 9.17) is 11.6 Å². The van der Waals surface area contributed by atoms with Crippen molar-refractivity contribution in [3.8, 4) is 5.69 Å². The van der Waals surface area contributed by atoms with Gasteiger partial charge in [-0.25, -0.2) is 4.68 Å². The number of halogens is 7. The number of pyridine rings is 1. The summed E-state index contributed by atoms with van der Waals surface area (Å²) in [5.74, 6) is -1.42. The third kappa shape index (κ3) is 6.42. The van der Waals surface area contributed by atoms with E-state index in [2.05, 4.69) is 10.1 Å². The molecular formula is C15H13ClF6N4O. The van der Waals surface area contributed by atoms with Crippen LogP contribution in [0.2, 0.25) is 5.15 Å². The molecule has 0 saturated carbocycles. The van der Waals surface area contributed by atoms with E-state index < -0.39 is 44.1 Å². The zero-order chi connectivity index (χ0) is 20.2. The fraction of sp³-hybridized carbons (Fsp3) is 0.400. The summed E-state index contributed by atoms with van der Waals surface area (Å²) in [6.45, 7) is -0.590. The summed E-state index contributed by atoms with van der Waals surface area (Å²) in [7, 11) is 0. The number of nitrogens with zero attached hydrogens (tertiary/aromatic N) is 4. The molecule has 0 aliphatic heterocycles. The Bertz CT molecular complexity index is 775. The summed E-state index contributed by atoms with van der Waals surface area (Å²) >= 11 is 5.92. The molecule has 5 nitrogen and oxygen atoms in total. The predicted octanol–water partition coefficient (Wildman–Crippen LogP) is 4.55. The van der Waals surface area contributed by atoms with Crippen molar-refractivity contribution in [3.05, 3.63) is 35.9 Å². The molecule has 0 saturated heterocycles. The van der Waals surface area contributed by atoms with Crippen LogP contribution >= 0.6 is 11.6 Å². The quantitative estimate of drug-likeness (QED) is 0.652. The van der Waals surface area contributed by atoms with Gasteiger partial charge in [-0.05, 0) is 18.6 Å². The minimum Gasteiger partial charge on any atom is -0.308 e. The average Bonchev–Trinajstić information content (AvgIpc) is 2.91. The van der Waals surface area contributed by atoms with E-state index in [-0.39, 0.29) is 10.8 Å². The van der Waals surface area contributed by atoms with Crippen molar-refractivity contribution in [1.82, 2.24) is 14.8 Å². The SMILES string of the molecule is O=C(CC(F)(F)F)N(CCCC(F)(F)F)c1cn(-c2cccnc2)nc1Cl. The van der Waals surface area contributed by atoms with Crippen LogP contribution in [-0.2, 0) is 4.79 Å². The molecule has 2 aromatic heterocycles. The van der Waals surface area contributed by atoms with Crippen LogP contribution in [0, 0.1) is 0 Å². The van der Waals surface area contributed by atoms with Gasteiger partial charge in [-0.15, -0.1) is 0 Å². The van der Waals surface area contributed by atoms with Crippen molar-refractivity contribution < 1.29 is 31.1 Å². The molecule has 148 valence electrons. The fourth-order valence-corrected chi connectivity index (χ4v) is 2.46. The Labute approximate surface area is 154 Å². The Hall–Kier alpha value is -2.30. The van der Waals surface area contributed by atoms with Gasteiger partial charge >= 0.3 is 12.4 Å². The Morgan fingerprint density at radius 3 is 2.44 bits per heavy atom. The monoisotopic (exact) mass is 414 g/mol. The minimum atomic E-state index is -4.81. The third-order valence-electron chi connectivity index (χ3n) is 3.35. The number of alkyl halides is 6. The zero-order valence-electron chi connectivity index (χ0n) is 13.6. The molecule has 2 heterocycles. The van der Waals surface area contributed by atoms with Gasteiger partial charge in [-0.1, -0.05) is 11.6 Å². The lowest BCUT2D eigenvalue weighted by molar-refractivity contribution is -0.152. The summed E-state index contributed by atoms with van der Waals surface area (Å²) in [6, 6.07) is 3.14. The first-order chi connectivity index (χ1) is 12.5. The summed E-state index contributed by atoms with van der Waals surface area (Å²) < 4.78 is 76.0. The van der Waals surface area contributed by atoms with Gasteiger partial charge in [0.2, 0.25) is 5.91 Å². The Kier molecular flexibility index (Phi) is 6.34. The molecule has 2 aromatic rings. The summed E-state index contributed by atoms with van der Waals surface area (Å²) in [5.41, 5.74) is 0.195. The Morgan fingerprint density at radius 2 is 1.89 bits per heavy atom. The van der Waals surface area contributed by atoms with Crippen LogP contribution in [0.5, 0.6) is 0 Å². The largest absolute Gasteiger partial charge is 0.397 e. The maximum absolute atomic E-state index is 12.6. The van der Waals surface area contributed by atoms with Crippen molar-refractivity contribution in [1.29, 1.82) is 0 Å². The van der Waals surface area contributed by atoms with Crippen molar-refractivity contribution >= 4 is 23.2 Å². The van der Waals surface area contributed by atoms with Crippen LogP contribution in [0.25, 0.3) is 5.69 Å². The smallest absolute Gasteiger partial charge is 0.308 e. The number of amides is 1. The molecule has 2 rings (SSSR count). The van der Waals surface area contributed by atoms with E-state index >= 15 is 0 Å². The summed E-state index contributed by atoms with van der Waals surface area (Å²) in [6.07, 6.45) is -8.94. The molecule has 0 N–H and O–H groups in total. The maximum atomic E-state index is 12.6. The first kappa shape index (κ1) is 21.0. The second-order valence-electron chi connectivity index (χ2n) is 5.52. The molecule has 0 bridgehead atoms. The molecule has 0 fully saturated rings. The number of hydrogen-bond donors (Lipinski definition) is 0. The second-order valence-corrected chi connectivity index (χ2v) is 5.88. The van der Waals surface area contributed by atoms with Crippen LogP contribution < -0.4 is 4.90 Å². The van der Waals surface area contributed by atoms with Crippen LogP contribution in [0.3, 0.4) is 0 Å². The van der Waals surface area contributed by atoms with Crippen LogP contribution in [0.15, 0.2) is 30.7 Å². The topological polar surface area (TPSA) is 51.0 Å². The van der Waals surface area contributed by atoms with E-state index in [1.165, 1.54) is 23.3 Å². The van der Waals surface area contributed by atoms with E-state index in [9.17, 15) is 31.1 Å². The van der Waals surface area contributed by atoms with E-state index in [1.807, 2.05) is 0 Å². The highest BCUT2D eigenvalue weighted by Gasteiger charge is 2.35. The predicted molar refractivity (Wildman–Crippen MR) is 84.7 cm³/mol. The average molecular weight is 415 g/mol. The lowest BCUT2D eigenvalue weighted by Gasteiger charge is -2.22. The summed E-state index contributed by atoms with van der Waals surface area (Å²) in [5, 5.41) is 3.56. The fourth-order valence-electron chi connectivity index (χ4n) is 2.23. The van der Waals surface area contributed by atoms with Gasteiger partial charge in [0.25, 0.3) is 0 Å². The van der Waals surface area contributed by atoms with Crippen LogP contribution in [0.1, 0.15) is 19.3 Å². The molecule has 0 unspecified atom stereocenters. The number of anilines is 1. The minimum absolute atomic E-state index is 0.211. The molecule has 0 spiro atoms. The highest BCUT2D eigenvalue weighted by molar-refractivity contribution is 6.32. The van der Waals surface area contributed by atoms with Gasteiger partial charge in [0.1, 0.15) is 12.1 Å². The molecule has 1 amide bonds. The van der Waals surface area contributed by atoms with Crippen LogP contribution in [0.4, 0.5) is 32.0 Å². The highest BCUT2D eigenvalue weighted by Crippen LogP contribution is 2.30. The molecule has 0 aromatic carbocycles. The lowest BCUT2D eigenvalue weighted by Crippen LogP contribution is -2.35. The van der Waals surface area contributed by atoms with Gasteiger partial charge in [-0.2, -0.15) is 31.4 Å². The zero-order valence-corrected chi connectivity index (χ0v) is 14.3. The number of carbonyl (C=O) groups is 1. The number of hydrogen-bond acceptors (Lipinski definition) is 3. The molecule has 0 atom stereocenters. The van der Waals surface area contributed by atoms with Gasteiger partial charge < -0.3 is 4.90 Å². The third-order valence-corrected chi connectivity index (χ3v) is 3.62. The van der Waals surface area contributed by atoms with Gasteiger partial charge in [0.05, 0.1) is 18.1 Å². The normalized spacial score (nSPS) is 12.3. The van der Waals surface area contributed by atoms with Crippen molar-refractivity contribution in [2.45, 2.75) is 31.6 Å². The molecular weight excluding hydrogens is 402 g/mol. The molecule has 0 radical (unpaired) electrons. The first-order valence-corrected chi connectivity index (χ1v) is 7.93. The first-order valence-electron chi connectivity index (χ1n) is 7.56. The van der Waals surface area contributed by atoms with Crippen molar-refractivity contribution in [3.63, 3.8) is 0 Å². The summed E-state index contributed by atoms with van der Waals surface area (Å²) in [4.78, 5) is 16.4.